The Morgan fingerprint density at radius 2 is 1.71 bits per heavy atom. The summed E-state index contributed by atoms with van der Waals surface area (Å²) >= 11 is 0. The van der Waals surface area contributed by atoms with Crippen molar-refractivity contribution in [2.75, 3.05) is 0 Å². The van der Waals surface area contributed by atoms with Crippen LogP contribution in [0.1, 0.15) is 5.56 Å². The highest BCUT2D eigenvalue weighted by Crippen LogP contribution is 2.15. The molecule has 1 aromatic rings. The predicted octanol–water partition coefficient (Wildman–Crippen LogP) is 0.0689. The minimum absolute atomic E-state index is 0.349. The minimum Gasteiger partial charge on any atom is -0.508 e. The Labute approximate surface area is 82.9 Å². The molecule has 0 aliphatic heterocycles. The molecular formula is C9H13BO4. The second-order valence-electron chi connectivity index (χ2n) is 2.47. The lowest BCUT2D eigenvalue weighted by Gasteiger charge is -1.97. The number of para-hydroxylation sites is 1. The third-order valence-electron chi connectivity index (χ3n) is 1.36. The van der Waals surface area contributed by atoms with Gasteiger partial charge in [-0.05, 0) is 18.1 Å². The van der Waals surface area contributed by atoms with Crippen LogP contribution in [0.2, 0.25) is 0 Å². The molecule has 0 heterocycles. The number of hydrogen-bond acceptors (Lipinski definition) is 4. The maximum absolute atomic E-state index is 9.19. The first kappa shape index (κ1) is 12.7. The summed E-state index contributed by atoms with van der Waals surface area (Å²) in [5.74, 6) is 0.349. The number of phenols is 1. The van der Waals surface area contributed by atoms with Gasteiger partial charge in [0.2, 0.25) is 0 Å². The first-order chi connectivity index (χ1) is 6.57. The van der Waals surface area contributed by atoms with Gasteiger partial charge in [0, 0.05) is 0 Å². The lowest BCUT2D eigenvalue weighted by atomic mass is 10.1. The summed E-state index contributed by atoms with van der Waals surface area (Å²) in [6.45, 7) is 3.59. The van der Waals surface area contributed by atoms with Gasteiger partial charge in [0.05, 0.1) is 0 Å². The third kappa shape index (κ3) is 6.25. The summed E-state index contributed by atoms with van der Waals surface area (Å²) in [6.07, 6.45) is 2.50. The van der Waals surface area contributed by atoms with Crippen LogP contribution in [-0.4, -0.2) is 27.5 Å². The molecule has 4 N–H and O–H groups in total. The van der Waals surface area contributed by atoms with Gasteiger partial charge in [0.15, 0.2) is 0 Å². The lowest BCUT2D eigenvalue weighted by molar-refractivity contribution is 0.278. The van der Waals surface area contributed by atoms with Crippen LogP contribution in [0.5, 0.6) is 5.75 Å². The van der Waals surface area contributed by atoms with Gasteiger partial charge in [0.1, 0.15) is 5.75 Å². The Kier molecular flexibility index (Phi) is 6.48. The molecule has 1 rings (SSSR count). The maximum Gasteiger partial charge on any atom is 0.631 e. The van der Waals surface area contributed by atoms with Crippen LogP contribution in [-0.2, 0) is 6.42 Å². The van der Waals surface area contributed by atoms with Crippen molar-refractivity contribution in [2.24, 2.45) is 0 Å². The average Bonchev–Trinajstić information content (AvgIpc) is 2.08. The van der Waals surface area contributed by atoms with E-state index in [2.05, 4.69) is 6.58 Å². The molecule has 76 valence electrons. The standard InChI is InChI=1S/C9H10O.BH3O3/c1-2-5-8-6-3-4-7-9(8)10;2-1(3)4/h2-4,6-7,10H,1,5H2;2-4H. The molecular weight excluding hydrogens is 183 g/mol. The molecule has 0 aliphatic rings. The Balaban J connectivity index is 0.000000364. The number of benzene rings is 1. The van der Waals surface area contributed by atoms with Crippen molar-refractivity contribution in [3.63, 3.8) is 0 Å². The van der Waals surface area contributed by atoms with Crippen LogP contribution >= 0.6 is 0 Å². The van der Waals surface area contributed by atoms with E-state index < -0.39 is 7.32 Å². The van der Waals surface area contributed by atoms with Crippen LogP contribution in [0, 0.1) is 0 Å². The predicted molar refractivity (Wildman–Crippen MR) is 54.4 cm³/mol. The summed E-state index contributed by atoms with van der Waals surface area (Å²) < 4.78 is 0. The van der Waals surface area contributed by atoms with E-state index in [0.29, 0.717) is 5.75 Å². The highest BCUT2D eigenvalue weighted by molar-refractivity contribution is 6.30. The Bertz CT molecular complexity index is 273. The quantitative estimate of drug-likeness (QED) is 0.398. The van der Waals surface area contributed by atoms with Crippen molar-refractivity contribution in [3.8, 4) is 5.75 Å². The summed E-state index contributed by atoms with van der Waals surface area (Å²) in [5.41, 5.74) is 0.928. The van der Waals surface area contributed by atoms with Crippen LogP contribution in [0.15, 0.2) is 36.9 Å². The molecule has 5 heteroatoms. The number of hydrogen-bond donors (Lipinski definition) is 4. The zero-order valence-electron chi connectivity index (χ0n) is 7.67. The summed E-state index contributed by atoms with van der Waals surface area (Å²) in [5, 5.41) is 30.7. The van der Waals surface area contributed by atoms with Crippen molar-refractivity contribution in [2.45, 2.75) is 6.42 Å². The normalized spacial score (nSPS) is 8.50. The summed E-state index contributed by atoms with van der Waals surface area (Å²) in [6, 6.07) is 7.27. The summed E-state index contributed by atoms with van der Waals surface area (Å²) in [4.78, 5) is 0. The molecule has 0 aromatic heterocycles. The molecule has 4 nitrogen and oxygen atoms in total. The van der Waals surface area contributed by atoms with Crippen molar-refractivity contribution in [1.29, 1.82) is 0 Å². The molecule has 0 unspecified atom stereocenters. The first-order valence-corrected chi connectivity index (χ1v) is 4.00. The smallest absolute Gasteiger partial charge is 0.508 e. The molecule has 0 saturated heterocycles. The van der Waals surface area contributed by atoms with Crippen molar-refractivity contribution in [3.05, 3.63) is 42.5 Å². The van der Waals surface area contributed by atoms with Crippen molar-refractivity contribution in [1.82, 2.24) is 0 Å². The van der Waals surface area contributed by atoms with Gasteiger partial charge in [-0.1, -0.05) is 24.3 Å². The number of phenolic OH excluding ortho intramolecular Hbond substituents is 1. The van der Waals surface area contributed by atoms with Crippen molar-refractivity contribution >= 4 is 7.32 Å². The fourth-order valence-electron chi connectivity index (χ4n) is 0.839. The maximum atomic E-state index is 9.19. The molecule has 0 atom stereocenters. The highest BCUT2D eigenvalue weighted by atomic mass is 16.5. The Hall–Kier alpha value is -1.30. The third-order valence-corrected chi connectivity index (χ3v) is 1.36. The molecule has 0 radical (unpaired) electrons. The molecule has 0 amide bonds. The fourth-order valence-corrected chi connectivity index (χ4v) is 0.839. The SMILES string of the molecule is C=CCc1ccccc1O.OB(O)O. The minimum atomic E-state index is -2.17. The van der Waals surface area contributed by atoms with Crippen LogP contribution in [0.3, 0.4) is 0 Å². The van der Waals surface area contributed by atoms with Gasteiger partial charge < -0.3 is 20.2 Å². The first-order valence-electron chi connectivity index (χ1n) is 4.00. The topological polar surface area (TPSA) is 80.9 Å². The largest absolute Gasteiger partial charge is 0.631 e. The molecule has 0 spiro atoms. The summed E-state index contributed by atoms with van der Waals surface area (Å²) in [7, 11) is -2.17. The number of rotatable bonds is 2. The van der Waals surface area contributed by atoms with Gasteiger partial charge in [-0.3, -0.25) is 0 Å². The Morgan fingerprint density at radius 1 is 1.21 bits per heavy atom. The van der Waals surface area contributed by atoms with E-state index in [1.54, 1.807) is 12.1 Å². The van der Waals surface area contributed by atoms with Crippen LogP contribution in [0.25, 0.3) is 0 Å². The van der Waals surface area contributed by atoms with Crippen molar-refractivity contribution < 1.29 is 20.2 Å². The second kappa shape index (κ2) is 7.14. The van der Waals surface area contributed by atoms with Gasteiger partial charge in [0.25, 0.3) is 0 Å². The number of allylic oxidation sites excluding steroid dienone is 1. The van der Waals surface area contributed by atoms with E-state index in [-0.39, 0.29) is 0 Å². The van der Waals surface area contributed by atoms with Gasteiger partial charge in [-0.15, -0.1) is 6.58 Å². The zero-order valence-corrected chi connectivity index (χ0v) is 7.67. The Morgan fingerprint density at radius 3 is 2.14 bits per heavy atom. The van der Waals surface area contributed by atoms with E-state index >= 15 is 0 Å². The van der Waals surface area contributed by atoms with Gasteiger partial charge in [-0.2, -0.15) is 0 Å². The van der Waals surface area contributed by atoms with E-state index in [0.717, 1.165) is 12.0 Å². The monoisotopic (exact) mass is 196 g/mol. The molecule has 1 aromatic carbocycles. The molecule has 14 heavy (non-hydrogen) atoms. The zero-order chi connectivity index (χ0) is 11.0. The molecule has 0 bridgehead atoms. The highest BCUT2D eigenvalue weighted by Gasteiger charge is 1.94. The lowest BCUT2D eigenvalue weighted by Crippen LogP contribution is -2.07. The fraction of sp³-hybridized carbons (Fsp3) is 0.111. The van der Waals surface area contributed by atoms with E-state index in [4.69, 9.17) is 15.1 Å². The average molecular weight is 196 g/mol. The van der Waals surface area contributed by atoms with Gasteiger partial charge >= 0.3 is 7.32 Å². The van der Waals surface area contributed by atoms with Gasteiger partial charge in [-0.25, -0.2) is 0 Å². The second-order valence-corrected chi connectivity index (χ2v) is 2.47. The number of aromatic hydroxyl groups is 1. The molecule has 0 fully saturated rings. The van der Waals surface area contributed by atoms with Crippen LogP contribution in [0.4, 0.5) is 0 Å². The van der Waals surface area contributed by atoms with E-state index in [9.17, 15) is 5.11 Å². The van der Waals surface area contributed by atoms with E-state index in [1.807, 2.05) is 18.2 Å². The molecule has 0 aliphatic carbocycles. The molecule has 0 saturated carbocycles. The van der Waals surface area contributed by atoms with E-state index in [1.165, 1.54) is 0 Å². The van der Waals surface area contributed by atoms with Crippen LogP contribution < -0.4 is 0 Å².